The molecule has 2 amide bonds. The number of nitrogens with zero attached hydrogens (tertiary/aromatic N) is 1. The number of nitrogens with one attached hydrogen (secondary N) is 1. The van der Waals surface area contributed by atoms with Crippen molar-refractivity contribution in [2.24, 2.45) is 0 Å². The van der Waals surface area contributed by atoms with E-state index >= 15 is 0 Å². The zero-order valence-electron chi connectivity index (χ0n) is 19.4. The second-order valence-corrected chi connectivity index (χ2v) is 10.0. The molecule has 3 aromatic carbocycles. The lowest BCUT2D eigenvalue weighted by Crippen LogP contribution is -2.58. The maximum atomic E-state index is 13.7. The van der Waals surface area contributed by atoms with Gasteiger partial charge in [0.25, 0.3) is 5.91 Å². The Bertz CT molecular complexity index is 1230. The van der Waals surface area contributed by atoms with Crippen LogP contribution in [-0.2, 0) is 20.1 Å². The first-order valence-electron chi connectivity index (χ1n) is 12.0. The quantitative estimate of drug-likeness (QED) is 0.547. The van der Waals surface area contributed by atoms with Crippen molar-refractivity contribution in [3.8, 4) is 0 Å². The number of hydrogen-bond donors (Lipinski definition) is 1. The van der Waals surface area contributed by atoms with Gasteiger partial charge in [-0.15, -0.1) is 0 Å². The molecule has 0 aromatic heterocycles. The second-order valence-electron chi connectivity index (χ2n) is 8.99. The predicted octanol–water partition coefficient (Wildman–Crippen LogP) is 3.83. The number of fused-ring (bicyclic) bond motifs is 2. The predicted molar refractivity (Wildman–Crippen MR) is 137 cm³/mol. The van der Waals surface area contributed by atoms with E-state index in [-0.39, 0.29) is 30.3 Å². The number of rotatable bonds is 7. The van der Waals surface area contributed by atoms with Crippen LogP contribution in [0.3, 0.4) is 0 Å². The molecule has 5 rings (SSSR count). The first-order valence-corrected chi connectivity index (χ1v) is 13.1. The maximum Gasteiger partial charge on any atom is 0.252 e. The van der Waals surface area contributed by atoms with Gasteiger partial charge in [-0.2, -0.15) is 11.8 Å². The normalized spacial score (nSPS) is 20.5. The van der Waals surface area contributed by atoms with Gasteiger partial charge in [-0.1, -0.05) is 66.7 Å². The molecule has 2 aliphatic heterocycles. The van der Waals surface area contributed by atoms with Gasteiger partial charge in [-0.25, -0.2) is 0 Å². The van der Waals surface area contributed by atoms with Crippen molar-refractivity contribution in [3.63, 3.8) is 0 Å². The SMILES string of the molecule is O=C(NC(CSCc1ccccc1)C(=O)N1CCCC2OCC(=O)C21)c1cccc2ccccc12. The number of thioether (sulfide) groups is 1. The Balaban J connectivity index is 1.37. The van der Waals surface area contributed by atoms with Gasteiger partial charge in [0.05, 0.1) is 6.10 Å². The number of carbonyl (C=O) groups excluding carboxylic acids is 3. The van der Waals surface area contributed by atoms with E-state index in [2.05, 4.69) is 5.32 Å². The summed E-state index contributed by atoms with van der Waals surface area (Å²) in [6.07, 6.45) is 1.31. The average molecular weight is 489 g/mol. The topological polar surface area (TPSA) is 75.7 Å². The van der Waals surface area contributed by atoms with Crippen LogP contribution in [0.1, 0.15) is 28.8 Å². The van der Waals surface area contributed by atoms with E-state index in [9.17, 15) is 14.4 Å². The van der Waals surface area contributed by atoms with Gasteiger partial charge < -0.3 is 15.0 Å². The minimum absolute atomic E-state index is 0.0505. The Morgan fingerprint density at radius 3 is 2.66 bits per heavy atom. The minimum atomic E-state index is -0.748. The summed E-state index contributed by atoms with van der Waals surface area (Å²) in [5.41, 5.74) is 1.69. The zero-order chi connectivity index (χ0) is 24.2. The van der Waals surface area contributed by atoms with Crippen LogP contribution >= 0.6 is 11.8 Å². The molecule has 2 fully saturated rings. The molecule has 2 aliphatic rings. The number of benzene rings is 3. The molecule has 6 nitrogen and oxygen atoms in total. The van der Waals surface area contributed by atoms with E-state index in [4.69, 9.17) is 4.74 Å². The molecule has 0 radical (unpaired) electrons. The van der Waals surface area contributed by atoms with Gasteiger partial charge in [0, 0.05) is 23.6 Å². The van der Waals surface area contributed by atoms with Crippen molar-refractivity contribution in [3.05, 3.63) is 83.9 Å². The highest BCUT2D eigenvalue weighted by Crippen LogP contribution is 2.28. The lowest BCUT2D eigenvalue weighted by Gasteiger charge is -2.37. The summed E-state index contributed by atoms with van der Waals surface area (Å²) in [5.74, 6) is 0.575. The number of amides is 2. The van der Waals surface area contributed by atoms with Gasteiger partial charge in [-0.3, -0.25) is 14.4 Å². The smallest absolute Gasteiger partial charge is 0.252 e. The number of Topliss-reactive ketones (excluding diaryl/α,β-unsaturated/α-hetero) is 1. The lowest BCUT2D eigenvalue weighted by molar-refractivity contribution is -0.141. The molecular formula is C28H28N2O4S. The summed E-state index contributed by atoms with van der Waals surface area (Å²) < 4.78 is 5.63. The van der Waals surface area contributed by atoms with Crippen molar-refractivity contribution in [1.82, 2.24) is 10.2 Å². The standard InChI is InChI=1S/C28H28N2O4S/c31-24-16-34-25-14-7-15-30(26(24)25)28(33)23(18-35-17-19-8-2-1-3-9-19)29-27(32)22-13-6-11-20-10-4-5-12-21(20)22/h1-6,8-13,23,25-26H,7,14-18H2,(H,29,32). The summed E-state index contributed by atoms with van der Waals surface area (Å²) in [4.78, 5) is 41.3. The molecule has 0 spiro atoms. The summed E-state index contributed by atoms with van der Waals surface area (Å²) in [6, 6.07) is 22.0. The Kier molecular flexibility index (Phi) is 7.16. The number of piperidine rings is 1. The molecule has 1 N–H and O–H groups in total. The maximum absolute atomic E-state index is 13.7. The number of ether oxygens (including phenoxy) is 1. The fraction of sp³-hybridized carbons (Fsp3) is 0.321. The minimum Gasteiger partial charge on any atom is -0.368 e. The van der Waals surface area contributed by atoms with Gasteiger partial charge in [0.2, 0.25) is 5.91 Å². The number of carbonyl (C=O) groups is 3. The molecule has 180 valence electrons. The van der Waals surface area contributed by atoms with Gasteiger partial charge in [0.1, 0.15) is 18.7 Å². The molecule has 2 saturated heterocycles. The highest BCUT2D eigenvalue weighted by atomic mass is 32.2. The van der Waals surface area contributed by atoms with Crippen molar-refractivity contribution in [2.45, 2.75) is 36.8 Å². The second kappa shape index (κ2) is 10.6. The van der Waals surface area contributed by atoms with Crippen LogP contribution in [0.5, 0.6) is 0 Å². The fourth-order valence-corrected chi connectivity index (χ4v) is 5.95. The number of hydrogen-bond acceptors (Lipinski definition) is 5. The molecule has 0 saturated carbocycles. The molecule has 35 heavy (non-hydrogen) atoms. The lowest BCUT2D eigenvalue weighted by atomic mass is 9.97. The van der Waals surface area contributed by atoms with E-state index in [1.165, 1.54) is 0 Å². The highest BCUT2D eigenvalue weighted by molar-refractivity contribution is 7.98. The third-order valence-electron chi connectivity index (χ3n) is 6.66. The Morgan fingerprint density at radius 1 is 1.03 bits per heavy atom. The van der Waals surface area contributed by atoms with Crippen LogP contribution in [0.25, 0.3) is 10.8 Å². The molecule has 3 atom stereocenters. The molecule has 0 aliphatic carbocycles. The van der Waals surface area contributed by atoms with E-state index < -0.39 is 12.1 Å². The monoisotopic (exact) mass is 488 g/mol. The van der Waals surface area contributed by atoms with Gasteiger partial charge in [-0.05, 0) is 35.2 Å². The van der Waals surface area contributed by atoms with Crippen LogP contribution in [0, 0.1) is 0 Å². The van der Waals surface area contributed by atoms with Gasteiger partial charge >= 0.3 is 0 Å². The van der Waals surface area contributed by atoms with E-state index in [0.717, 1.165) is 34.9 Å². The van der Waals surface area contributed by atoms with Crippen LogP contribution in [-0.4, -0.2) is 59.6 Å². The summed E-state index contributed by atoms with van der Waals surface area (Å²) >= 11 is 1.60. The Labute approximate surface area is 209 Å². The summed E-state index contributed by atoms with van der Waals surface area (Å²) in [6.45, 7) is 0.550. The average Bonchev–Trinajstić information content (AvgIpc) is 3.28. The highest BCUT2D eigenvalue weighted by Gasteiger charge is 2.45. The molecule has 3 unspecified atom stereocenters. The van der Waals surface area contributed by atoms with E-state index in [1.807, 2.05) is 66.7 Å². The van der Waals surface area contributed by atoms with Crippen LogP contribution < -0.4 is 5.32 Å². The molecular weight excluding hydrogens is 460 g/mol. The van der Waals surface area contributed by atoms with E-state index in [1.54, 1.807) is 22.7 Å². The Hall–Kier alpha value is -3.16. The largest absolute Gasteiger partial charge is 0.368 e. The van der Waals surface area contributed by atoms with Crippen molar-refractivity contribution >= 4 is 40.1 Å². The first-order chi connectivity index (χ1) is 17.1. The number of likely N-dealkylation sites (tertiary alicyclic amines) is 1. The molecule has 2 heterocycles. The fourth-order valence-electron chi connectivity index (χ4n) is 4.94. The molecule has 7 heteroatoms. The zero-order valence-corrected chi connectivity index (χ0v) is 20.2. The van der Waals surface area contributed by atoms with Gasteiger partial charge in [0.15, 0.2) is 5.78 Å². The van der Waals surface area contributed by atoms with Crippen LogP contribution in [0.4, 0.5) is 0 Å². The van der Waals surface area contributed by atoms with Crippen molar-refractivity contribution in [2.75, 3.05) is 18.9 Å². The Morgan fingerprint density at radius 2 is 1.80 bits per heavy atom. The van der Waals surface area contributed by atoms with Crippen molar-refractivity contribution in [1.29, 1.82) is 0 Å². The summed E-state index contributed by atoms with van der Waals surface area (Å²) in [5, 5.41) is 4.81. The van der Waals surface area contributed by atoms with Crippen LogP contribution in [0.15, 0.2) is 72.8 Å². The van der Waals surface area contributed by atoms with E-state index in [0.29, 0.717) is 17.9 Å². The third-order valence-corrected chi connectivity index (χ3v) is 7.77. The van der Waals surface area contributed by atoms with Crippen molar-refractivity contribution < 1.29 is 19.1 Å². The molecule has 3 aromatic rings. The molecule has 0 bridgehead atoms. The van der Waals surface area contributed by atoms with Crippen LogP contribution in [0.2, 0.25) is 0 Å². The number of ketones is 1. The first kappa shape index (κ1) is 23.6. The third kappa shape index (κ3) is 5.11. The summed E-state index contributed by atoms with van der Waals surface area (Å²) in [7, 11) is 0.